The Labute approximate surface area is 182 Å². The first-order valence-corrected chi connectivity index (χ1v) is 10.4. The minimum atomic E-state index is -1.13. The van der Waals surface area contributed by atoms with Crippen molar-refractivity contribution in [2.75, 3.05) is 12.4 Å². The molecule has 3 rings (SSSR count). The molecule has 3 aromatic carbocycles. The Hall–Kier alpha value is -2.70. The number of esters is 1. The Kier molecular flexibility index (Phi) is 7.60. The molecular formula is C23H17ClF2O3S. The van der Waals surface area contributed by atoms with E-state index in [1.165, 1.54) is 11.8 Å². The van der Waals surface area contributed by atoms with E-state index in [2.05, 4.69) is 0 Å². The van der Waals surface area contributed by atoms with Crippen LogP contribution in [0, 0.1) is 11.6 Å². The number of benzene rings is 3. The average molecular weight is 447 g/mol. The van der Waals surface area contributed by atoms with Crippen LogP contribution in [0.2, 0.25) is 5.02 Å². The third-order valence-electron chi connectivity index (χ3n) is 4.25. The van der Waals surface area contributed by atoms with Crippen molar-refractivity contribution in [1.29, 1.82) is 0 Å². The Balaban J connectivity index is 1.61. The molecule has 0 saturated heterocycles. The second-order valence-electron chi connectivity index (χ2n) is 6.37. The topological polar surface area (TPSA) is 43.4 Å². The highest BCUT2D eigenvalue weighted by Crippen LogP contribution is 2.36. The predicted octanol–water partition coefficient (Wildman–Crippen LogP) is 5.87. The number of hydrogen-bond donors (Lipinski definition) is 0. The van der Waals surface area contributed by atoms with E-state index in [1.807, 2.05) is 42.5 Å². The van der Waals surface area contributed by atoms with Crippen LogP contribution in [0.25, 0.3) is 0 Å². The highest BCUT2D eigenvalue weighted by atomic mass is 35.5. The number of halogens is 3. The summed E-state index contributed by atoms with van der Waals surface area (Å²) in [5.74, 6) is -3.35. The fourth-order valence-corrected chi connectivity index (χ4v) is 3.95. The van der Waals surface area contributed by atoms with Crippen LogP contribution < -0.4 is 0 Å². The van der Waals surface area contributed by atoms with E-state index in [4.69, 9.17) is 16.3 Å². The van der Waals surface area contributed by atoms with Crippen LogP contribution in [0.15, 0.2) is 72.8 Å². The molecule has 7 heteroatoms. The van der Waals surface area contributed by atoms with Gasteiger partial charge in [0.15, 0.2) is 24.0 Å². The lowest BCUT2D eigenvalue weighted by Crippen LogP contribution is -2.16. The molecule has 0 aliphatic heterocycles. The van der Waals surface area contributed by atoms with Gasteiger partial charge in [-0.15, -0.1) is 11.8 Å². The summed E-state index contributed by atoms with van der Waals surface area (Å²) in [6, 6.07) is 19.8. The number of ether oxygens (including phenoxy) is 1. The lowest BCUT2D eigenvalue weighted by molar-refractivity contribution is -0.139. The van der Waals surface area contributed by atoms with Crippen LogP contribution >= 0.6 is 23.4 Å². The third-order valence-corrected chi connectivity index (χ3v) is 5.78. The van der Waals surface area contributed by atoms with Crippen molar-refractivity contribution < 1.29 is 23.1 Å². The zero-order valence-corrected chi connectivity index (χ0v) is 17.3. The second-order valence-corrected chi connectivity index (χ2v) is 7.90. The van der Waals surface area contributed by atoms with Gasteiger partial charge in [0.25, 0.3) is 0 Å². The zero-order chi connectivity index (χ0) is 21.5. The minimum absolute atomic E-state index is 0.00719. The molecule has 0 fully saturated rings. The van der Waals surface area contributed by atoms with Gasteiger partial charge in [0, 0.05) is 10.6 Å². The molecule has 0 radical (unpaired) electrons. The molecule has 0 saturated carbocycles. The first-order valence-electron chi connectivity index (χ1n) is 9.00. The number of hydrogen-bond acceptors (Lipinski definition) is 4. The van der Waals surface area contributed by atoms with Gasteiger partial charge < -0.3 is 4.74 Å². The molecule has 1 atom stereocenters. The van der Waals surface area contributed by atoms with Crippen LogP contribution in [-0.4, -0.2) is 24.1 Å². The van der Waals surface area contributed by atoms with Crippen molar-refractivity contribution in [3.63, 3.8) is 0 Å². The molecule has 0 heterocycles. The van der Waals surface area contributed by atoms with Crippen molar-refractivity contribution in [3.8, 4) is 0 Å². The molecular weight excluding hydrogens is 430 g/mol. The molecule has 3 aromatic rings. The third kappa shape index (κ3) is 5.90. The number of thioether (sulfide) groups is 1. The van der Waals surface area contributed by atoms with Gasteiger partial charge in [0.1, 0.15) is 0 Å². The van der Waals surface area contributed by atoms with Gasteiger partial charge in [-0.25, -0.2) is 8.78 Å². The van der Waals surface area contributed by atoms with Gasteiger partial charge >= 0.3 is 5.97 Å². The molecule has 0 amide bonds. The van der Waals surface area contributed by atoms with Crippen molar-refractivity contribution >= 4 is 35.1 Å². The summed E-state index contributed by atoms with van der Waals surface area (Å²) >= 11 is 7.33. The quantitative estimate of drug-likeness (QED) is 0.321. The molecule has 0 bridgehead atoms. The Bertz CT molecular complexity index is 1030. The van der Waals surface area contributed by atoms with Crippen LogP contribution in [-0.2, 0) is 9.53 Å². The molecule has 0 aliphatic carbocycles. The molecule has 0 unspecified atom stereocenters. The van der Waals surface area contributed by atoms with E-state index >= 15 is 0 Å². The maximum atomic E-state index is 13.2. The zero-order valence-electron chi connectivity index (χ0n) is 15.7. The SMILES string of the molecule is O=C(CS[C@H](c1ccccc1)c1ccc(Cl)cc1)OCC(=O)c1ccc(F)c(F)c1. The Morgan fingerprint density at radius 2 is 1.57 bits per heavy atom. The standard InChI is InChI=1S/C23H17ClF2O3S/c24-18-9-6-16(7-10-18)23(15-4-2-1-3-5-15)30-14-22(28)29-13-21(27)17-8-11-19(25)20(26)12-17/h1-12,23H,13-14H2/t23-/m1/s1. The minimum Gasteiger partial charge on any atom is -0.457 e. The lowest BCUT2D eigenvalue weighted by Gasteiger charge is -2.17. The van der Waals surface area contributed by atoms with E-state index in [0.717, 1.165) is 29.3 Å². The summed E-state index contributed by atoms with van der Waals surface area (Å²) in [6.45, 7) is -0.540. The molecule has 0 aliphatic rings. The molecule has 30 heavy (non-hydrogen) atoms. The molecule has 0 aromatic heterocycles. The van der Waals surface area contributed by atoms with Crippen molar-refractivity contribution in [2.24, 2.45) is 0 Å². The van der Waals surface area contributed by atoms with Crippen LogP contribution in [0.1, 0.15) is 26.7 Å². The monoisotopic (exact) mass is 446 g/mol. The molecule has 154 valence electrons. The summed E-state index contributed by atoms with van der Waals surface area (Å²) in [7, 11) is 0. The summed E-state index contributed by atoms with van der Waals surface area (Å²) in [5.41, 5.74) is 1.93. The fourth-order valence-electron chi connectivity index (χ4n) is 2.74. The van der Waals surface area contributed by atoms with Gasteiger partial charge in [0.2, 0.25) is 0 Å². The number of carbonyl (C=O) groups is 2. The number of rotatable bonds is 8. The van der Waals surface area contributed by atoms with E-state index in [-0.39, 0.29) is 16.6 Å². The smallest absolute Gasteiger partial charge is 0.316 e. The summed E-state index contributed by atoms with van der Waals surface area (Å²) in [5, 5.41) is 0.489. The van der Waals surface area contributed by atoms with Gasteiger partial charge in [-0.3, -0.25) is 9.59 Å². The van der Waals surface area contributed by atoms with Crippen LogP contribution in [0.5, 0.6) is 0 Å². The highest BCUT2D eigenvalue weighted by molar-refractivity contribution is 8.00. The average Bonchev–Trinajstić information content (AvgIpc) is 2.76. The maximum absolute atomic E-state index is 13.2. The predicted molar refractivity (Wildman–Crippen MR) is 114 cm³/mol. The Morgan fingerprint density at radius 1 is 0.900 bits per heavy atom. The highest BCUT2D eigenvalue weighted by Gasteiger charge is 2.18. The number of ketones is 1. The molecule has 3 nitrogen and oxygen atoms in total. The van der Waals surface area contributed by atoms with E-state index < -0.39 is 30.0 Å². The van der Waals surface area contributed by atoms with Crippen LogP contribution in [0.3, 0.4) is 0 Å². The van der Waals surface area contributed by atoms with Crippen molar-refractivity contribution in [3.05, 3.63) is 106 Å². The summed E-state index contributed by atoms with van der Waals surface area (Å²) in [4.78, 5) is 24.2. The first-order chi connectivity index (χ1) is 14.4. The molecule has 0 N–H and O–H groups in total. The van der Waals surface area contributed by atoms with Gasteiger partial charge in [-0.1, -0.05) is 54.1 Å². The first kappa shape index (κ1) is 22.0. The summed E-state index contributed by atoms with van der Waals surface area (Å²) in [6.07, 6.45) is 0. The van der Waals surface area contributed by atoms with E-state index in [0.29, 0.717) is 5.02 Å². The largest absolute Gasteiger partial charge is 0.457 e. The van der Waals surface area contributed by atoms with E-state index in [1.54, 1.807) is 12.1 Å². The van der Waals surface area contributed by atoms with Crippen molar-refractivity contribution in [2.45, 2.75) is 5.25 Å². The fraction of sp³-hybridized carbons (Fsp3) is 0.130. The Morgan fingerprint density at radius 3 is 2.23 bits per heavy atom. The second kappa shape index (κ2) is 10.4. The van der Waals surface area contributed by atoms with Gasteiger partial charge in [0.05, 0.1) is 11.0 Å². The summed E-state index contributed by atoms with van der Waals surface area (Å²) < 4.78 is 31.2. The van der Waals surface area contributed by atoms with Gasteiger partial charge in [-0.05, 0) is 41.5 Å². The van der Waals surface area contributed by atoms with Crippen LogP contribution in [0.4, 0.5) is 8.78 Å². The number of carbonyl (C=O) groups excluding carboxylic acids is 2. The van der Waals surface area contributed by atoms with Gasteiger partial charge in [-0.2, -0.15) is 0 Å². The van der Waals surface area contributed by atoms with E-state index in [9.17, 15) is 18.4 Å². The lowest BCUT2D eigenvalue weighted by atomic mass is 10.0. The van der Waals surface area contributed by atoms with Crippen molar-refractivity contribution in [1.82, 2.24) is 0 Å². The normalized spacial score (nSPS) is 11.7. The number of Topliss-reactive ketones (excluding diaryl/α,β-unsaturated/α-hetero) is 1. The molecule has 0 spiro atoms. The maximum Gasteiger partial charge on any atom is 0.316 e.